The van der Waals surface area contributed by atoms with E-state index in [9.17, 15) is 9.59 Å². The first-order valence-corrected chi connectivity index (χ1v) is 9.48. The number of carbonyl (C=O) groups excluding carboxylic acids is 2. The van der Waals surface area contributed by atoms with Gasteiger partial charge in [0.05, 0.1) is 38.1 Å². The normalized spacial score (nSPS) is 22.4. The Kier molecular flexibility index (Phi) is 6.52. The van der Waals surface area contributed by atoms with Gasteiger partial charge >= 0.3 is 6.03 Å². The Bertz CT molecular complexity index is 676. The second kappa shape index (κ2) is 9.05. The molecule has 2 atom stereocenters. The van der Waals surface area contributed by atoms with Gasteiger partial charge in [0.2, 0.25) is 5.91 Å². The smallest absolute Gasteiger partial charge is 0.319 e. The first kappa shape index (κ1) is 19.4. The van der Waals surface area contributed by atoms with Crippen molar-refractivity contribution in [3.63, 3.8) is 0 Å². The van der Waals surface area contributed by atoms with E-state index >= 15 is 0 Å². The molecule has 2 aliphatic rings. The first-order chi connectivity index (χ1) is 13.1. The Morgan fingerprint density at radius 3 is 2.70 bits per heavy atom. The zero-order valence-electron chi connectivity index (χ0n) is 15.9. The fourth-order valence-electron chi connectivity index (χ4n) is 3.57. The van der Waals surface area contributed by atoms with Crippen LogP contribution >= 0.6 is 0 Å². The molecule has 3 amide bonds. The zero-order chi connectivity index (χ0) is 19.2. The molecule has 3 rings (SSSR count). The number of methoxy groups -OCH3 is 1. The van der Waals surface area contributed by atoms with Crippen molar-refractivity contribution in [2.75, 3.05) is 44.0 Å². The van der Waals surface area contributed by atoms with Gasteiger partial charge in [-0.25, -0.2) is 4.79 Å². The molecule has 2 saturated heterocycles. The van der Waals surface area contributed by atoms with Gasteiger partial charge in [-0.05, 0) is 44.1 Å². The number of anilines is 2. The average molecular weight is 376 g/mol. The lowest BCUT2D eigenvalue weighted by Crippen LogP contribution is -2.51. The van der Waals surface area contributed by atoms with E-state index in [1.54, 1.807) is 25.1 Å². The van der Waals surface area contributed by atoms with Crippen LogP contribution in [0.25, 0.3) is 0 Å². The Hall–Kier alpha value is -2.32. The molecule has 0 saturated carbocycles. The molecule has 2 aliphatic heterocycles. The van der Waals surface area contributed by atoms with Crippen LogP contribution in [-0.2, 0) is 9.53 Å². The molecule has 0 radical (unpaired) electrons. The van der Waals surface area contributed by atoms with Gasteiger partial charge in [-0.3, -0.25) is 9.69 Å². The van der Waals surface area contributed by atoms with Crippen LogP contribution in [-0.4, -0.2) is 62.3 Å². The van der Waals surface area contributed by atoms with Crippen molar-refractivity contribution in [1.29, 1.82) is 0 Å². The third-order valence-corrected chi connectivity index (χ3v) is 5.03. The van der Waals surface area contributed by atoms with E-state index in [1.807, 2.05) is 0 Å². The molecule has 1 aromatic rings. The summed E-state index contributed by atoms with van der Waals surface area (Å²) in [7, 11) is 1.54. The van der Waals surface area contributed by atoms with Crippen molar-refractivity contribution in [3.05, 3.63) is 18.2 Å². The number of rotatable bonds is 6. The molecule has 0 bridgehead atoms. The van der Waals surface area contributed by atoms with Gasteiger partial charge in [0.25, 0.3) is 0 Å². The molecule has 3 N–H and O–H groups in total. The highest BCUT2D eigenvalue weighted by Gasteiger charge is 2.35. The summed E-state index contributed by atoms with van der Waals surface area (Å²) in [6, 6.07) is 5.06. The Morgan fingerprint density at radius 1 is 1.22 bits per heavy atom. The highest BCUT2D eigenvalue weighted by Crippen LogP contribution is 2.28. The van der Waals surface area contributed by atoms with Crippen molar-refractivity contribution in [2.45, 2.75) is 38.3 Å². The predicted octanol–water partition coefficient (Wildman–Crippen LogP) is 2.03. The summed E-state index contributed by atoms with van der Waals surface area (Å²) < 4.78 is 10.9. The molecule has 2 heterocycles. The number of urea groups is 1. The molecule has 1 aromatic carbocycles. The summed E-state index contributed by atoms with van der Waals surface area (Å²) >= 11 is 0. The van der Waals surface area contributed by atoms with E-state index in [2.05, 4.69) is 20.9 Å². The number of hydrogen-bond donors (Lipinski definition) is 3. The average Bonchev–Trinajstić information content (AvgIpc) is 3.33. The third kappa shape index (κ3) is 4.90. The molecular formula is C19H28N4O4. The molecule has 0 unspecified atom stereocenters. The molecular weight excluding hydrogens is 348 g/mol. The standard InChI is InChI=1S/C19H28N4O4/c1-3-18(24)21-14-10-13(6-7-17(14)26-2)20-19(25)22-15-11-27-12-16(15)23-8-4-5-9-23/h6-7,10,15-16H,3-5,8-9,11-12H2,1-2H3,(H,21,24)(H2,20,22,25)/t15-,16-/m0/s1. The topological polar surface area (TPSA) is 91.9 Å². The number of ether oxygens (including phenoxy) is 2. The van der Waals surface area contributed by atoms with Crippen molar-refractivity contribution in [2.24, 2.45) is 0 Å². The van der Waals surface area contributed by atoms with E-state index in [1.165, 1.54) is 20.0 Å². The van der Waals surface area contributed by atoms with Gasteiger partial charge in [0.15, 0.2) is 0 Å². The van der Waals surface area contributed by atoms with Crippen LogP contribution in [0.3, 0.4) is 0 Å². The first-order valence-electron chi connectivity index (χ1n) is 9.48. The quantitative estimate of drug-likeness (QED) is 0.707. The van der Waals surface area contributed by atoms with Crippen LogP contribution in [0.4, 0.5) is 16.2 Å². The van der Waals surface area contributed by atoms with Crippen molar-refractivity contribution in [3.8, 4) is 5.75 Å². The SMILES string of the molecule is CCC(=O)Nc1cc(NC(=O)N[C@H]2COC[C@@H]2N2CCCC2)ccc1OC. The van der Waals surface area contributed by atoms with Crippen LogP contribution in [0, 0.1) is 0 Å². The van der Waals surface area contributed by atoms with E-state index < -0.39 is 0 Å². The number of carbonyl (C=O) groups is 2. The minimum Gasteiger partial charge on any atom is -0.495 e. The molecule has 8 nitrogen and oxygen atoms in total. The minimum absolute atomic E-state index is 0.0272. The lowest BCUT2D eigenvalue weighted by atomic mass is 10.1. The summed E-state index contributed by atoms with van der Waals surface area (Å²) in [5.41, 5.74) is 1.11. The van der Waals surface area contributed by atoms with Crippen molar-refractivity contribution in [1.82, 2.24) is 10.2 Å². The minimum atomic E-state index is -0.285. The molecule has 2 fully saturated rings. The second-order valence-electron chi connectivity index (χ2n) is 6.87. The maximum absolute atomic E-state index is 12.5. The fraction of sp³-hybridized carbons (Fsp3) is 0.579. The molecule has 148 valence electrons. The number of likely N-dealkylation sites (tertiary alicyclic amines) is 1. The molecule has 8 heteroatoms. The van der Waals surface area contributed by atoms with Crippen LogP contribution in [0.1, 0.15) is 26.2 Å². The maximum Gasteiger partial charge on any atom is 0.319 e. The lowest BCUT2D eigenvalue weighted by Gasteiger charge is -2.27. The highest BCUT2D eigenvalue weighted by molar-refractivity contribution is 5.95. The zero-order valence-corrected chi connectivity index (χ0v) is 15.9. The van der Waals surface area contributed by atoms with Gasteiger partial charge in [0, 0.05) is 12.1 Å². The third-order valence-electron chi connectivity index (χ3n) is 5.03. The van der Waals surface area contributed by atoms with Crippen LogP contribution in [0.15, 0.2) is 18.2 Å². The predicted molar refractivity (Wildman–Crippen MR) is 103 cm³/mol. The van der Waals surface area contributed by atoms with Crippen LogP contribution < -0.4 is 20.7 Å². The fourth-order valence-corrected chi connectivity index (χ4v) is 3.57. The molecule has 0 aromatic heterocycles. The van der Waals surface area contributed by atoms with Crippen LogP contribution in [0.2, 0.25) is 0 Å². The molecule has 27 heavy (non-hydrogen) atoms. The monoisotopic (exact) mass is 376 g/mol. The summed E-state index contributed by atoms with van der Waals surface area (Å²) in [6.07, 6.45) is 2.77. The molecule has 0 spiro atoms. The summed E-state index contributed by atoms with van der Waals surface area (Å²) in [5, 5.41) is 8.63. The van der Waals surface area contributed by atoms with Crippen molar-refractivity contribution < 1.29 is 19.1 Å². The number of nitrogens with zero attached hydrogens (tertiary/aromatic N) is 1. The lowest BCUT2D eigenvalue weighted by molar-refractivity contribution is -0.115. The molecule has 0 aliphatic carbocycles. The largest absolute Gasteiger partial charge is 0.495 e. The second-order valence-corrected chi connectivity index (χ2v) is 6.87. The van der Waals surface area contributed by atoms with E-state index in [-0.39, 0.29) is 24.0 Å². The van der Waals surface area contributed by atoms with E-state index in [0.29, 0.717) is 36.8 Å². The number of amides is 3. The number of benzene rings is 1. The summed E-state index contributed by atoms with van der Waals surface area (Å²) in [6.45, 7) is 5.08. The number of hydrogen-bond acceptors (Lipinski definition) is 5. The van der Waals surface area contributed by atoms with Gasteiger partial charge in [0.1, 0.15) is 5.75 Å². The van der Waals surface area contributed by atoms with Gasteiger partial charge in [-0.2, -0.15) is 0 Å². The van der Waals surface area contributed by atoms with Gasteiger partial charge in [-0.1, -0.05) is 6.92 Å². The summed E-state index contributed by atoms with van der Waals surface area (Å²) in [4.78, 5) is 26.5. The Labute approximate surface area is 159 Å². The van der Waals surface area contributed by atoms with Crippen LogP contribution in [0.5, 0.6) is 5.75 Å². The van der Waals surface area contributed by atoms with Gasteiger partial charge < -0.3 is 25.4 Å². The maximum atomic E-state index is 12.5. The highest BCUT2D eigenvalue weighted by atomic mass is 16.5. The van der Waals surface area contributed by atoms with Crippen molar-refractivity contribution >= 4 is 23.3 Å². The Balaban J connectivity index is 1.61. The van der Waals surface area contributed by atoms with E-state index in [4.69, 9.17) is 9.47 Å². The van der Waals surface area contributed by atoms with E-state index in [0.717, 1.165) is 13.1 Å². The summed E-state index contributed by atoms with van der Waals surface area (Å²) in [5.74, 6) is 0.424. The Morgan fingerprint density at radius 2 is 2.00 bits per heavy atom. The van der Waals surface area contributed by atoms with Gasteiger partial charge in [-0.15, -0.1) is 0 Å². The number of nitrogens with one attached hydrogen (secondary N) is 3.